The molecule has 8 nitrogen and oxygen atoms in total. The lowest BCUT2D eigenvalue weighted by Crippen LogP contribution is -2.67. The number of ether oxygens (including phenoxy) is 3. The minimum atomic E-state index is -1.49. The van der Waals surface area contributed by atoms with Crippen LogP contribution in [-0.2, 0) is 23.8 Å². The molecule has 0 aliphatic carbocycles. The third-order valence-corrected chi connectivity index (χ3v) is 2.93. The van der Waals surface area contributed by atoms with Crippen LogP contribution in [0.4, 0.5) is 0 Å². The summed E-state index contributed by atoms with van der Waals surface area (Å²) in [6.07, 6.45) is -4.61. The van der Waals surface area contributed by atoms with Gasteiger partial charge in [-0.2, -0.15) is 0 Å². The van der Waals surface area contributed by atoms with E-state index in [-0.39, 0.29) is 12.5 Å². The van der Waals surface area contributed by atoms with Crippen LogP contribution in [0, 0.1) is 0 Å². The fourth-order valence-corrected chi connectivity index (χ4v) is 2.13. The Hall–Kier alpha value is -1.22. The van der Waals surface area contributed by atoms with Gasteiger partial charge in [-0.25, -0.2) is 0 Å². The highest BCUT2D eigenvalue weighted by Crippen LogP contribution is 2.23. The molecule has 1 amide bonds. The zero-order valence-electron chi connectivity index (χ0n) is 11.0. The molecule has 1 saturated heterocycles. The molecule has 8 heteroatoms. The normalized spacial score (nSPS) is 34.8. The van der Waals surface area contributed by atoms with Crippen molar-refractivity contribution < 1.29 is 34.0 Å². The van der Waals surface area contributed by atoms with Gasteiger partial charge in [-0.05, 0) is 0 Å². The predicted molar refractivity (Wildman–Crippen MR) is 60.0 cm³/mol. The summed E-state index contributed by atoms with van der Waals surface area (Å²) in [6.45, 7) is 1.30. The summed E-state index contributed by atoms with van der Waals surface area (Å²) in [4.78, 5) is 22.1. The molecule has 0 aromatic heterocycles. The van der Waals surface area contributed by atoms with E-state index >= 15 is 0 Å². The van der Waals surface area contributed by atoms with Crippen molar-refractivity contribution in [1.82, 2.24) is 5.32 Å². The van der Waals surface area contributed by atoms with Gasteiger partial charge in [0, 0.05) is 21.1 Å². The zero-order valence-corrected chi connectivity index (χ0v) is 11.0. The van der Waals surface area contributed by atoms with E-state index in [2.05, 4.69) is 5.32 Å². The Morgan fingerprint density at radius 1 is 1.42 bits per heavy atom. The van der Waals surface area contributed by atoms with Gasteiger partial charge >= 0.3 is 0 Å². The molecule has 1 aliphatic rings. The van der Waals surface area contributed by atoms with Crippen LogP contribution in [0.3, 0.4) is 0 Å². The predicted octanol–water partition coefficient (Wildman–Crippen LogP) is -2.97. The van der Waals surface area contributed by atoms with E-state index in [1.165, 1.54) is 21.1 Å². The first-order valence-electron chi connectivity index (χ1n) is 5.75. The Morgan fingerprint density at radius 3 is 2.47 bits per heavy atom. The second kappa shape index (κ2) is 6.80. The minimum Gasteiger partial charge on any atom is -0.547 e. The van der Waals surface area contributed by atoms with Crippen molar-refractivity contribution in [2.75, 3.05) is 20.8 Å². The number of aliphatic carboxylic acids is 1. The van der Waals surface area contributed by atoms with Gasteiger partial charge in [-0.1, -0.05) is 0 Å². The molecule has 0 aromatic rings. The van der Waals surface area contributed by atoms with E-state index in [0.29, 0.717) is 0 Å². The van der Waals surface area contributed by atoms with Crippen LogP contribution in [-0.4, -0.2) is 68.3 Å². The molecule has 0 saturated carbocycles. The smallest absolute Gasteiger partial charge is 0.217 e. The Labute approximate surface area is 110 Å². The summed E-state index contributed by atoms with van der Waals surface area (Å²) < 4.78 is 15.1. The highest BCUT2D eigenvalue weighted by atomic mass is 16.6. The Morgan fingerprint density at radius 2 is 2.05 bits per heavy atom. The third-order valence-electron chi connectivity index (χ3n) is 2.93. The summed E-state index contributed by atoms with van der Waals surface area (Å²) in [7, 11) is 2.64. The average molecular weight is 276 g/mol. The quantitative estimate of drug-likeness (QED) is 0.550. The molecule has 1 aliphatic heterocycles. The lowest BCUT2D eigenvalue weighted by atomic mass is 9.92. The first-order valence-corrected chi connectivity index (χ1v) is 5.75. The molecule has 1 fully saturated rings. The van der Waals surface area contributed by atoms with Crippen molar-refractivity contribution in [1.29, 1.82) is 0 Å². The lowest BCUT2D eigenvalue weighted by molar-refractivity contribution is -0.330. The fourth-order valence-electron chi connectivity index (χ4n) is 2.13. The Balaban J connectivity index is 2.95. The first kappa shape index (κ1) is 15.8. The minimum absolute atomic E-state index is 0.0161. The van der Waals surface area contributed by atoms with Crippen LogP contribution in [0.15, 0.2) is 0 Å². The van der Waals surface area contributed by atoms with E-state index in [1.54, 1.807) is 0 Å². The van der Waals surface area contributed by atoms with E-state index < -0.39 is 36.4 Å². The number of hydrogen-bond donors (Lipinski definition) is 2. The fraction of sp³-hybridized carbons (Fsp3) is 0.818. The maximum atomic E-state index is 11.1. The number of rotatable bonds is 5. The molecule has 5 unspecified atom stereocenters. The van der Waals surface area contributed by atoms with E-state index in [1.807, 2.05) is 0 Å². The lowest BCUT2D eigenvalue weighted by Gasteiger charge is -2.44. The Kier molecular flexibility index (Phi) is 5.67. The molecule has 110 valence electrons. The van der Waals surface area contributed by atoms with Gasteiger partial charge in [0.1, 0.15) is 24.4 Å². The maximum absolute atomic E-state index is 11.1. The second-order valence-electron chi connectivity index (χ2n) is 4.29. The van der Waals surface area contributed by atoms with E-state index in [0.717, 1.165) is 0 Å². The van der Waals surface area contributed by atoms with E-state index in [9.17, 15) is 19.8 Å². The van der Waals surface area contributed by atoms with Crippen molar-refractivity contribution >= 4 is 11.9 Å². The van der Waals surface area contributed by atoms with Crippen molar-refractivity contribution in [2.45, 2.75) is 37.4 Å². The molecule has 1 heterocycles. The number of carboxylic acid groups (broad SMARTS) is 1. The number of aliphatic hydroxyl groups is 1. The highest BCUT2D eigenvalue weighted by molar-refractivity contribution is 5.74. The van der Waals surface area contributed by atoms with Crippen LogP contribution in [0.2, 0.25) is 0 Å². The number of carbonyl (C=O) groups is 2. The average Bonchev–Trinajstić information content (AvgIpc) is 2.33. The number of amides is 1. The summed E-state index contributed by atoms with van der Waals surface area (Å²) in [5, 5.41) is 23.6. The van der Waals surface area contributed by atoms with Crippen molar-refractivity contribution in [3.05, 3.63) is 0 Å². The number of aliphatic hydroxyl groups excluding tert-OH is 1. The SMILES string of the molecule is COCC1OC(C(=O)[O-])C(OC)C(O)C1NC(C)=O. The monoisotopic (exact) mass is 276 g/mol. The summed E-state index contributed by atoms with van der Waals surface area (Å²) >= 11 is 0. The molecule has 0 spiro atoms. The molecular formula is C11H18NO7-. The van der Waals surface area contributed by atoms with E-state index in [4.69, 9.17) is 14.2 Å². The van der Waals surface area contributed by atoms with Crippen molar-refractivity contribution in [3.63, 3.8) is 0 Å². The van der Waals surface area contributed by atoms with Gasteiger partial charge in [-0.15, -0.1) is 0 Å². The van der Waals surface area contributed by atoms with Gasteiger partial charge in [0.05, 0.1) is 18.6 Å². The maximum Gasteiger partial charge on any atom is 0.217 e. The molecule has 19 heavy (non-hydrogen) atoms. The van der Waals surface area contributed by atoms with Gasteiger partial charge < -0.3 is 34.5 Å². The number of carbonyl (C=O) groups excluding carboxylic acids is 2. The number of methoxy groups -OCH3 is 2. The number of hydrogen-bond acceptors (Lipinski definition) is 7. The van der Waals surface area contributed by atoms with Crippen LogP contribution in [0.5, 0.6) is 0 Å². The molecule has 2 N–H and O–H groups in total. The first-order chi connectivity index (χ1) is 8.92. The molecular weight excluding hydrogens is 258 g/mol. The molecule has 5 atom stereocenters. The van der Waals surface area contributed by atoms with Gasteiger partial charge in [-0.3, -0.25) is 4.79 Å². The molecule has 0 bridgehead atoms. The summed E-state index contributed by atoms with van der Waals surface area (Å²) in [5.74, 6) is -1.87. The zero-order chi connectivity index (χ0) is 14.6. The standard InChI is InChI=1S/C11H19NO7/c1-5(13)12-7-6(4-17-2)19-10(11(15)16)9(18-3)8(7)14/h6-10,14H,4H2,1-3H3,(H,12,13)(H,15,16)/p-1. The van der Waals surface area contributed by atoms with Gasteiger partial charge in [0.2, 0.25) is 5.91 Å². The largest absolute Gasteiger partial charge is 0.547 e. The summed E-state index contributed by atoms with van der Waals surface area (Å²) in [6, 6.07) is -0.821. The van der Waals surface area contributed by atoms with Crippen LogP contribution >= 0.6 is 0 Å². The van der Waals surface area contributed by atoms with Gasteiger partial charge in [0.25, 0.3) is 0 Å². The van der Waals surface area contributed by atoms with Gasteiger partial charge in [0.15, 0.2) is 0 Å². The second-order valence-corrected chi connectivity index (χ2v) is 4.29. The highest BCUT2D eigenvalue weighted by Gasteiger charge is 2.46. The van der Waals surface area contributed by atoms with Crippen LogP contribution < -0.4 is 10.4 Å². The number of nitrogens with one attached hydrogen (secondary N) is 1. The third kappa shape index (κ3) is 3.63. The van der Waals surface area contributed by atoms with Crippen LogP contribution in [0.25, 0.3) is 0 Å². The topological polar surface area (TPSA) is 117 Å². The van der Waals surface area contributed by atoms with Crippen molar-refractivity contribution in [3.8, 4) is 0 Å². The summed E-state index contributed by atoms with van der Waals surface area (Å²) in [5.41, 5.74) is 0. The molecule has 0 radical (unpaired) electrons. The van der Waals surface area contributed by atoms with Crippen LogP contribution in [0.1, 0.15) is 6.92 Å². The van der Waals surface area contributed by atoms with Crippen molar-refractivity contribution in [2.24, 2.45) is 0 Å². The Bertz CT molecular complexity index is 333. The molecule has 0 aromatic carbocycles. The molecule has 1 rings (SSSR count). The number of carboxylic acids is 1.